The maximum absolute atomic E-state index is 9.48. The summed E-state index contributed by atoms with van der Waals surface area (Å²) in [7, 11) is 0. The summed E-state index contributed by atoms with van der Waals surface area (Å²) in [5.41, 5.74) is 0. The van der Waals surface area contributed by atoms with Gasteiger partial charge in [0.25, 0.3) is 0 Å². The van der Waals surface area contributed by atoms with Gasteiger partial charge < -0.3 is 9.84 Å². The molecule has 1 saturated carbocycles. The summed E-state index contributed by atoms with van der Waals surface area (Å²) in [6, 6.07) is 0. The van der Waals surface area contributed by atoms with Crippen LogP contribution in [0.25, 0.3) is 0 Å². The van der Waals surface area contributed by atoms with Gasteiger partial charge in [0, 0.05) is 18.8 Å². The second-order valence-electron chi connectivity index (χ2n) is 3.73. The molecule has 1 N–H and O–H groups in total. The first kappa shape index (κ1) is 7.17. The average molecular weight is 154 g/mol. The second-order valence-corrected chi connectivity index (χ2v) is 3.73. The lowest BCUT2D eigenvalue weighted by atomic mass is 9.94. The molecular formula is C9H14O2. The summed E-state index contributed by atoms with van der Waals surface area (Å²) in [6.07, 6.45) is 1.85. The first-order valence-corrected chi connectivity index (χ1v) is 4.21. The van der Waals surface area contributed by atoms with E-state index in [1.165, 1.54) is 0 Å². The van der Waals surface area contributed by atoms with Gasteiger partial charge in [0.15, 0.2) is 0 Å². The number of aliphatic hydroxyl groups excluding tert-OH is 1. The molecule has 0 amide bonds. The van der Waals surface area contributed by atoms with Crippen molar-refractivity contribution in [1.29, 1.82) is 0 Å². The Morgan fingerprint density at radius 2 is 2.36 bits per heavy atom. The van der Waals surface area contributed by atoms with Gasteiger partial charge in [0.1, 0.15) is 6.10 Å². The molecule has 0 radical (unpaired) electrons. The number of ether oxygens (including phenoxy) is 1. The van der Waals surface area contributed by atoms with Gasteiger partial charge in [-0.25, -0.2) is 0 Å². The molecule has 1 saturated heterocycles. The van der Waals surface area contributed by atoms with E-state index in [2.05, 4.69) is 13.5 Å². The highest BCUT2D eigenvalue weighted by molar-refractivity contribution is 5.03. The van der Waals surface area contributed by atoms with Crippen LogP contribution in [0.1, 0.15) is 19.8 Å². The number of allylic oxidation sites excluding steroid dienone is 1. The van der Waals surface area contributed by atoms with Crippen molar-refractivity contribution >= 4 is 0 Å². The topological polar surface area (TPSA) is 29.5 Å². The molecule has 2 fully saturated rings. The number of hydrogen-bond donors (Lipinski definition) is 1. The first-order chi connectivity index (χ1) is 5.18. The van der Waals surface area contributed by atoms with E-state index in [0.717, 1.165) is 18.6 Å². The molecule has 1 aliphatic carbocycles. The maximum atomic E-state index is 9.48. The number of hydrogen-bond acceptors (Lipinski definition) is 2. The number of rotatable bonds is 0. The third-order valence-electron chi connectivity index (χ3n) is 3.02. The van der Waals surface area contributed by atoms with Gasteiger partial charge >= 0.3 is 0 Å². The molecular weight excluding hydrogens is 140 g/mol. The van der Waals surface area contributed by atoms with Gasteiger partial charge in [0.2, 0.25) is 0 Å². The van der Waals surface area contributed by atoms with E-state index in [-0.39, 0.29) is 12.2 Å². The Hall–Kier alpha value is -0.500. The van der Waals surface area contributed by atoms with Crippen molar-refractivity contribution in [2.24, 2.45) is 11.8 Å². The third-order valence-corrected chi connectivity index (χ3v) is 3.02. The molecule has 2 rings (SSSR count). The second kappa shape index (κ2) is 2.24. The monoisotopic (exact) mass is 154 g/mol. The normalized spacial score (nSPS) is 49.1. The van der Waals surface area contributed by atoms with Crippen LogP contribution in [0.4, 0.5) is 0 Å². The smallest absolute Gasteiger partial charge is 0.104 e. The van der Waals surface area contributed by atoms with Crippen LogP contribution in [0.3, 0.4) is 0 Å². The minimum absolute atomic E-state index is 0.155. The highest BCUT2D eigenvalue weighted by atomic mass is 16.5. The fourth-order valence-corrected chi connectivity index (χ4v) is 2.23. The molecule has 1 aliphatic heterocycles. The van der Waals surface area contributed by atoms with Gasteiger partial charge in [-0.15, -0.1) is 0 Å². The molecule has 2 aliphatic rings. The standard InChI is InChI=1S/C9H14O2/c1-5-3-7-6(2)8(10)4-9(7)11-5/h6-10H,1,3-4H2,2H3/t6-,7-,8-,9+/m1/s1. The molecule has 0 aromatic rings. The maximum Gasteiger partial charge on any atom is 0.104 e. The Labute approximate surface area is 66.9 Å². The summed E-state index contributed by atoms with van der Waals surface area (Å²) in [6.45, 7) is 5.89. The Balaban J connectivity index is 2.13. The quantitative estimate of drug-likeness (QED) is 0.570. The van der Waals surface area contributed by atoms with Crippen molar-refractivity contribution in [3.8, 4) is 0 Å². The Morgan fingerprint density at radius 3 is 3.00 bits per heavy atom. The predicted octanol–water partition coefficient (Wildman–Crippen LogP) is 1.31. The van der Waals surface area contributed by atoms with Gasteiger partial charge in [-0.05, 0) is 5.92 Å². The van der Waals surface area contributed by atoms with Crippen LogP contribution in [0.5, 0.6) is 0 Å². The molecule has 0 spiro atoms. The van der Waals surface area contributed by atoms with E-state index >= 15 is 0 Å². The van der Waals surface area contributed by atoms with E-state index in [4.69, 9.17) is 4.74 Å². The fourth-order valence-electron chi connectivity index (χ4n) is 2.23. The largest absolute Gasteiger partial charge is 0.495 e. The fraction of sp³-hybridized carbons (Fsp3) is 0.778. The lowest BCUT2D eigenvalue weighted by Crippen LogP contribution is -2.15. The number of fused-ring (bicyclic) bond motifs is 1. The van der Waals surface area contributed by atoms with Crippen molar-refractivity contribution in [3.05, 3.63) is 12.3 Å². The average Bonchev–Trinajstić information content (AvgIpc) is 2.37. The van der Waals surface area contributed by atoms with Gasteiger partial charge in [-0.3, -0.25) is 0 Å². The van der Waals surface area contributed by atoms with Crippen molar-refractivity contribution in [2.45, 2.75) is 32.0 Å². The van der Waals surface area contributed by atoms with Crippen molar-refractivity contribution in [3.63, 3.8) is 0 Å². The molecule has 0 bridgehead atoms. The van der Waals surface area contributed by atoms with Crippen LogP contribution in [0.2, 0.25) is 0 Å². The summed E-state index contributed by atoms with van der Waals surface area (Å²) in [4.78, 5) is 0. The summed E-state index contributed by atoms with van der Waals surface area (Å²) < 4.78 is 5.47. The minimum Gasteiger partial charge on any atom is -0.495 e. The van der Waals surface area contributed by atoms with E-state index in [1.807, 2.05) is 0 Å². The zero-order valence-corrected chi connectivity index (χ0v) is 6.79. The molecule has 11 heavy (non-hydrogen) atoms. The summed E-state index contributed by atoms with van der Waals surface area (Å²) >= 11 is 0. The third kappa shape index (κ3) is 0.968. The first-order valence-electron chi connectivity index (χ1n) is 4.21. The Bertz CT molecular complexity index is 188. The molecule has 0 aromatic carbocycles. The Kier molecular flexibility index (Phi) is 1.46. The van der Waals surface area contributed by atoms with E-state index in [0.29, 0.717) is 11.8 Å². The molecule has 1 heterocycles. The summed E-state index contributed by atoms with van der Waals surface area (Å²) in [5, 5.41) is 9.48. The van der Waals surface area contributed by atoms with E-state index in [1.54, 1.807) is 0 Å². The molecule has 4 atom stereocenters. The van der Waals surface area contributed by atoms with Gasteiger partial charge in [-0.2, -0.15) is 0 Å². The molecule has 0 aromatic heterocycles. The Morgan fingerprint density at radius 1 is 1.64 bits per heavy atom. The van der Waals surface area contributed by atoms with Gasteiger partial charge in [0.05, 0.1) is 11.9 Å². The van der Waals surface area contributed by atoms with Crippen molar-refractivity contribution in [2.75, 3.05) is 0 Å². The van der Waals surface area contributed by atoms with E-state index in [9.17, 15) is 5.11 Å². The lowest BCUT2D eigenvalue weighted by molar-refractivity contribution is 0.108. The lowest BCUT2D eigenvalue weighted by Gasteiger charge is -2.12. The minimum atomic E-state index is -0.155. The van der Waals surface area contributed by atoms with Crippen LogP contribution in [-0.4, -0.2) is 17.3 Å². The van der Waals surface area contributed by atoms with Crippen LogP contribution in [0.15, 0.2) is 12.3 Å². The highest BCUT2D eigenvalue weighted by Gasteiger charge is 2.45. The van der Waals surface area contributed by atoms with Crippen LogP contribution >= 0.6 is 0 Å². The summed E-state index contributed by atoms with van der Waals surface area (Å²) in [5.74, 6) is 1.82. The zero-order chi connectivity index (χ0) is 8.01. The molecule has 2 heteroatoms. The van der Waals surface area contributed by atoms with Gasteiger partial charge in [-0.1, -0.05) is 13.5 Å². The predicted molar refractivity (Wildman–Crippen MR) is 41.9 cm³/mol. The van der Waals surface area contributed by atoms with Crippen LogP contribution in [-0.2, 0) is 4.74 Å². The molecule has 62 valence electrons. The van der Waals surface area contributed by atoms with Crippen LogP contribution < -0.4 is 0 Å². The highest BCUT2D eigenvalue weighted by Crippen LogP contribution is 2.43. The van der Waals surface area contributed by atoms with Crippen molar-refractivity contribution < 1.29 is 9.84 Å². The SMILES string of the molecule is C=C1C[C@@H]2[C@@H](C)[C@H](O)C[C@@H]2O1. The van der Waals surface area contributed by atoms with E-state index < -0.39 is 0 Å². The molecule has 0 unspecified atom stereocenters. The van der Waals surface area contributed by atoms with Crippen LogP contribution in [0, 0.1) is 11.8 Å². The zero-order valence-electron chi connectivity index (χ0n) is 6.79. The number of aliphatic hydroxyl groups is 1. The van der Waals surface area contributed by atoms with Crippen molar-refractivity contribution in [1.82, 2.24) is 0 Å². The molecule has 2 nitrogen and oxygen atoms in total.